The molecule has 0 aromatic heterocycles. The van der Waals surface area contributed by atoms with E-state index in [1.165, 1.54) is 0 Å². The Balaban J connectivity index is 0. The predicted molar refractivity (Wildman–Crippen MR) is 153 cm³/mol. The van der Waals surface area contributed by atoms with Crippen molar-refractivity contribution in [2.45, 2.75) is 50.3 Å². The van der Waals surface area contributed by atoms with Gasteiger partial charge in [0.1, 0.15) is 0 Å². The molecule has 2 aromatic rings. The number of halogens is 18. The van der Waals surface area contributed by atoms with Crippen LogP contribution in [0, 0.1) is 17.8 Å². The number of alkyl halides is 18. The average Bonchev–Trinajstić information content (AvgIpc) is 3.52. The Labute approximate surface area is 323 Å². The quantitative estimate of drug-likeness (QED) is 0.182. The third-order valence-electron chi connectivity index (χ3n) is 6.04. The second-order valence-corrected chi connectivity index (χ2v) is 23.1. The summed E-state index contributed by atoms with van der Waals surface area (Å²) in [5.41, 5.74) is -46.7. The summed E-state index contributed by atoms with van der Waals surface area (Å²) in [6.07, 6.45) is 0. The SMILES string of the molecule is Cc1cccc(C(S(=O)(=O)C(F)(F)F)(S(=O)(=O)C(F)(F)F)S(=O)(=O)C(F)(F)F)c1C.O=S(=O)([C-](S(=O)(=O)C(F)(F)F)S(=O)(=O)C(F)(F)F)C(F)(F)F.[Fe+2].c1cc[cH-]c1. The third kappa shape index (κ3) is 10.0. The van der Waals surface area contributed by atoms with Crippen LogP contribution in [0.2, 0.25) is 0 Å². The molecule has 0 aliphatic heterocycles. The zero-order valence-electron chi connectivity index (χ0n) is 26.6. The Kier molecular flexibility index (Phi) is 17.0. The van der Waals surface area contributed by atoms with E-state index in [9.17, 15) is 130 Å². The van der Waals surface area contributed by atoms with Gasteiger partial charge in [0.2, 0.25) is 0 Å². The number of sulfone groups is 6. The van der Waals surface area contributed by atoms with E-state index >= 15 is 0 Å². The Morgan fingerprint density at radius 3 is 0.879 bits per heavy atom. The minimum Gasteiger partial charge on any atom is -0.251 e. The summed E-state index contributed by atoms with van der Waals surface area (Å²) in [5, 5.41) is 0. The fourth-order valence-corrected chi connectivity index (χ4v) is 16.8. The van der Waals surface area contributed by atoms with Crippen LogP contribution >= 0.6 is 0 Å². The Morgan fingerprint density at radius 2 is 0.690 bits per heavy atom. The summed E-state index contributed by atoms with van der Waals surface area (Å²) in [6.45, 7) is 1.31. The van der Waals surface area contributed by atoms with Gasteiger partial charge in [0.05, 0.1) is 3.91 Å². The van der Waals surface area contributed by atoms with E-state index in [2.05, 4.69) is 0 Å². The molecule has 0 saturated heterocycles. The molecule has 58 heavy (non-hydrogen) atoms. The Hall–Kier alpha value is -2.47. The van der Waals surface area contributed by atoms with Crippen LogP contribution in [0.25, 0.3) is 0 Å². The van der Waals surface area contributed by atoms with Gasteiger partial charge in [-0.2, -0.15) is 97.2 Å². The summed E-state index contributed by atoms with van der Waals surface area (Å²) >= 11 is 0. The summed E-state index contributed by atoms with van der Waals surface area (Å²) in [5.74, 6) is 0. The van der Waals surface area contributed by atoms with E-state index in [1.54, 1.807) is 0 Å². The minimum absolute atomic E-state index is 0. The van der Waals surface area contributed by atoms with Gasteiger partial charge in [0.25, 0.3) is 29.5 Å². The van der Waals surface area contributed by atoms with Crippen molar-refractivity contribution in [3.8, 4) is 0 Å². The molecule has 12 nitrogen and oxygen atoms in total. The molecule has 0 radical (unpaired) electrons. The van der Waals surface area contributed by atoms with Crippen LogP contribution < -0.4 is 0 Å². The zero-order chi connectivity index (χ0) is 46.5. The second kappa shape index (κ2) is 17.1. The van der Waals surface area contributed by atoms with Crippen molar-refractivity contribution in [1.29, 1.82) is 0 Å². The Morgan fingerprint density at radius 1 is 0.431 bits per heavy atom. The topological polar surface area (TPSA) is 205 Å². The fourth-order valence-electron chi connectivity index (χ4n) is 3.44. The van der Waals surface area contributed by atoms with Crippen LogP contribution in [0.5, 0.6) is 0 Å². The molecule has 0 fully saturated rings. The van der Waals surface area contributed by atoms with E-state index in [1.807, 2.05) is 30.3 Å². The van der Waals surface area contributed by atoms with E-state index < -0.39 is 116 Å². The minimum atomic E-state index is -8.29. The van der Waals surface area contributed by atoms with E-state index in [0.717, 1.165) is 13.0 Å². The summed E-state index contributed by atoms with van der Waals surface area (Å²) < 4.78 is 352. The zero-order valence-corrected chi connectivity index (χ0v) is 32.6. The molecule has 2 aromatic carbocycles. The molecular formula is C21H14F18FeO12S6. The van der Waals surface area contributed by atoms with Gasteiger partial charge >= 0.3 is 53.5 Å². The molecular weight excluding hydrogens is 1030 g/mol. The van der Waals surface area contributed by atoms with Crippen molar-refractivity contribution in [3.63, 3.8) is 0 Å². The van der Waals surface area contributed by atoms with Gasteiger partial charge in [-0.15, -0.1) is 0 Å². The van der Waals surface area contributed by atoms with Gasteiger partial charge in [0.15, 0.2) is 29.5 Å². The maximum absolute atomic E-state index is 13.2. The molecule has 0 saturated carbocycles. The van der Waals surface area contributed by atoms with Crippen molar-refractivity contribution < 1.29 is 147 Å². The van der Waals surface area contributed by atoms with Crippen LogP contribution in [0.1, 0.15) is 16.7 Å². The maximum Gasteiger partial charge on any atom is 2.00 e. The van der Waals surface area contributed by atoms with Crippen molar-refractivity contribution in [2.24, 2.45) is 0 Å². The second-order valence-electron chi connectivity index (χ2n) is 9.71. The standard InChI is InChI=1S/C12H9F9O6S3.C5H5.C4F9O6S3.Fe/c1-6-4-3-5-8(7(6)2)9(28(22,23)10(13,14)15,29(24,25)11(16,17)18)30(26,27)12(19,20)21;1-2-4-5-3-1;5-2(6,7)20(14,15)1(21(16,17)3(8,9)10)22(18,19)4(11,12)13;/h3-5H,1-2H3;1-5H;;/q;2*-1;+2. The molecule has 340 valence electrons. The average molecular weight is 1050 g/mol. The van der Waals surface area contributed by atoms with Gasteiger partial charge in [-0.1, -0.05) is 18.2 Å². The van der Waals surface area contributed by atoms with Crippen LogP contribution in [0.3, 0.4) is 0 Å². The van der Waals surface area contributed by atoms with Crippen molar-refractivity contribution in [2.75, 3.05) is 0 Å². The van der Waals surface area contributed by atoms with Gasteiger partial charge < -0.3 is 0 Å². The van der Waals surface area contributed by atoms with Gasteiger partial charge in [-0.3, -0.25) is 25.3 Å². The van der Waals surface area contributed by atoms with Crippen molar-refractivity contribution in [3.05, 3.63) is 69.1 Å². The first-order valence-electron chi connectivity index (χ1n) is 12.5. The molecule has 37 heteroatoms. The largest absolute Gasteiger partial charge is 2.00 e. The number of benzene rings is 1. The van der Waals surface area contributed by atoms with Gasteiger partial charge in [0, 0.05) is 5.56 Å². The monoisotopic (exact) mass is 1050 g/mol. The van der Waals surface area contributed by atoms with Crippen LogP contribution in [-0.4, -0.2) is 83.6 Å². The molecule has 2 rings (SSSR count). The summed E-state index contributed by atoms with van der Waals surface area (Å²) in [6, 6.07) is 11.1. The first-order chi connectivity index (χ1) is 24.5. The summed E-state index contributed by atoms with van der Waals surface area (Å²) in [4.78, 5) is 0. The third-order valence-corrected chi connectivity index (χ3v) is 21.7. The molecule has 0 aliphatic rings. The number of aryl methyl sites for hydroxylation is 1. The van der Waals surface area contributed by atoms with Crippen LogP contribution in [0.4, 0.5) is 79.0 Å². The molecule has 0 bridgehead atoms. The molecule has 0 heterocycles. The normalized spacial score (nSPS) is 14.7. The Bertz CT molecular complexity index is 2200. The van der Waals surface area contributed by atoms with E-state index in [-0.39, 0.29) is 23.1 Å². The smallest absolute Gasteiger partial charge is 0.251 e. The van der Waals surface area contributed by atoms with E-state index in [0.29, 0.717) is 13.0 Å². The first kappa shape index (κ1) is 57.6. The van der Waals surface area contributed by atoms with E-state index in [4.69, 9.17) is 0 Å². The van der Waals surface area contributed by atoms with Gasteiger partial charge in [-0.05, 0) is 25.0 Å². The van der Waals surface area contributed by atoms with Crippen molar-refractivity contribution in [1.82, 2.24) is 0 Å². The number of hydrogen-bond donors (Lipinski definition) is 0. The van der Waals surface area contributed by atoms with Crippen LogP contribution in [-0.2, 0) is 79.5 Å². The number of hydrogen-bond acceptors (Lipinski definition) is 12. The maximum atomic E-state index is 13.2. The molecule has 0 unspecified atom stereocenters. The number of rotatable bonds is 7. The first-order valence-corrected chi connectivity index (χ1v) is 21.4. The predicted octanol–water partition coefficient (Wildman–Crippen LogP) is 5.86. The van der Waals surface area contributed by atoms with Crippen molar-refractivity contribution >= 4 is 59.0 Å². The molecule has 0 spiro atoms. The molecule has 0 atom stereocenters. The molecule has 0 amide bonds. The molecule has 0 aliphatic carbocycles. The fraction of sp³-hybridized carbons (Fsp3) is 0.429. The van der Waals surface area contributed by atoms with Gasteiger partial charge in [-0.25, -0.2) is 37.4 Å². The summed E-state index contributed by atoms with van der Waals surface area (Å²) in [7, 11) is -48.9. The van der Waals surface area contributed by atoms with Crippen LogP contribution in [0.15, 0.2) is 48.5 Å². The molecule has 0 N–H and O–H groups in total.